The molecule has 0 amide bonds. The minimum Gasteiger partial charge on any atom is -0.392 e. The Kier molecular flexibility index (Phi) is 4.72. The first-order chi connectivity index (χ1) is 9.77. The van der Waals surface area contributed by atoms with Crippen LogP contribution in [-0.2, 0) is 32.9 Å². The van der Waals surface area contributed by atoms with Crippen LogP contribution in [0.15, 0.2) is 23.1 Å². The van der Waals surface area contributed by atoms with Crippen molar-refractivity contribution in [3.8, 4) is 0 Å². The third kappa shape index (κ3) is 3.82. The molecule has 6 nitrogen and oxygen atoms in total. The van der Waals surface area contributed by atoms with Gasteiger partial charge in [-0.05, 0) is 30.0 Å². The second kappa shape index (κ2) is 6.04. The first-order valence-electron chi connectivity index (χ1n) is 6.73. The highest BCUT2D eigenvalue weighted by Crippen LogP contribution is 2.21. The summed E-state index contributed by atoms with van der Waals surface area (Å²) in [5.74, 6) is -0.148. The van der Waals surface area contributed by atoms with Gasteiger partial charge in [-0.25, -0.2) is 21.6 Å². The lowest BCUT2D eigenvalue weighted by Crippen LogP contribution is -2.36. The number of aliphatic hydroxyl groups is 1. The summed E-state index contributed by atoms with van der Waals surface area (Å²) >= 11 is 0. The molecule has 1 unspecified atom stereocenters. The molecule has 1 aliphatic heterocycles. The quantitative estimate of drug-likeness (QED) is 0.802. The van der Waals surface area contributed by atoms with Crippen molar-refractivity contribution in [1.29, 1.82) is 0 Å². The van der Waals surface area contributed by atoms with Crippen molar-refractivity contribution >= 4 is 19.9 Å². The molecule has 1 heterocycles. The SMILES string of the molecule is CCc1ccc(CO)cc1S(=O)(=O)NC1CCS(=O)(=O)C1. The van der Waals surface area contributed by atoms with Crippen molar-refractivity contribution in [3.63, 3.8) is 0 Å². The van der Waals surface area contributed by atoms with Crippen LogP contribution in [0, 0.1) is 0 Å². The van der Waals surface area contributed by atoms with Gasteiger partial charge in [0.05, 0.1) is 23.0 Å². The van der Waals surface area contributed by atoms with Crippen molar-refractivity contribution < 1.29 is 21.9 Å². The molecule has 2 N–H and O–H groups in total. The van der Waals surface area contributed by atoms with Crippen LogP contribution in [0.4, 0.5) is 0 Å². The number of hydrogen-bond acceptors (Lipinski definition) is 5. The molecule has 1 atom stereocenters. The van der Waals surface area contributed by atoms with Crippen LogP contribution >= 0.6 is 0 Å². The first-order valence-corrected chi connectivity index (χ1v) is 10.0. The number of hydrogen-bond donors (Lipinski definition) is 2. The molecule has 0 bridgehead atoms. The molecule has 0 aliphatic carbocycles. The molecule has 1 saturated heterocycles. The maximum atomic E-state index is 12.5. The number of aryl methyl sites for hydroxylation is 1. The summed E-state index contributed by atoms with van der Waals surface area (Å²) in [4.78, 5) is 0.112. The Morgan fingerprint density at radius 2 is 2.10 bits per heavy atom. The van der Waals surface area contributed by atoms with Crippen LogP contribution in [0.3, 0.4) is 0 Å². The maximum Gasteiger partial charge on any atom is 0.241 e. The van der Waals surface area contributed by atoms with Crippen molar-refractivity contribution in [3.05, 3.63) is 29.3 Å². The Hall–Kier alpha value is -0.960. The van der Waals surface area contributed by atoms with Gasteiger partial charge in [0.15, 0.2) is 9.84 Å². The van der Waals surface area contributed by atoms with Crippen LogP contribution in [0.2, 0.25) is 0 Å². The fourth-order valence-corrected chi connectivity index (χ4v) is 5.82. The van der Waals surface area contributed by atoms with Crippen LogP contribution < -0.4 is 4.72 Å². The van der Waals surface area contributed by atoms with Crippen molar-refractivity contribution in [2.75, 3.05) is 11.5 Å². The van der Waals surface area contributed by atoms with Crippen LogP contribution in [0.5, 0.6) is 0 Å². The monoisotopic (exact) mass is 333 g/mol. The van der Waals surface area contributed by atoms with E-state index in [2.05, 4.69) is 4.72 Å². The smallest absolute Gasteiger partial charge is 0.241 e. The maximum absolute atomic E-state index is 12.5. The molecular weight excluding hydrogens is 314 g/mol. The Balaban J connectivity index is 2.31. The molecule has 1 fully saturated rings. The zero-order valence-corrected chi connectivity index (χ0v) is 13.4. The molecule has 1 aromatic carbocycles. The van der Waals surface area contributed by atoms with E-state index in [0.717, 1.165) is 0 Å². The molecule has 0 saturated carbocycles. The lowest BCUT2D eigenvalue weighted by molar-refractivity contribution is 0.281. The molecule has 118 valence electrons. The Bertz CT molecular complexity index is 725. The zero-order chi connectivity index (χ0) is 15.7. The average molecular weight is 333 g/mol. The van der Waals surface area contributed by atoms with Crippen molar-refractivity contribution in [1.82, 2.24) is 4.72 Å². The summed E-state index contributed by atoms with van der Waals surface area (Å²) in [6, 6.07) is 4.20. The lowest BCUT2D eigenvalue weighted by Gasteiger charge is -2.15. The Morgan fingerprint density at radius 3 is 2.62 bits per heavy atom. The van der Waals surface area contributed by atoms with E-state index in [1.54, 1.807) is 12.1 Å². The molecule has 0 radical (unpaired) electrons. The van der Waals surface area contributed by atoms with E-state index in [9.17, 15) is 16.8 Å². The second-order valence-electron chi connectivity index (χ2n) is 5.17. The molecular formula is C13H19NO5S2. The van der Waals surface area contributed by atoms with E-state index in [4.69, 9.17) is 5.11 Å². The third-order valence-corrected chi connectivity index (χ3v) is 6.91. The zero-order valence-electron chi connectivity index (χ0n) is 11.7. The molecule has 8 heteroatoms. The first kappa shape index (κ1) is 16.4. The lowest BCUT2D eigenvalue weighted by atomic mass is 10.1. The van der Waals surface area contributed by atoms with E-state index < -0.39 is 25.9 Å². The number of sulfonamides is 1. The van der Waals surface area contributed by atoms with Gasteiger partial charge in [-0.1, -0.05) is 19.1 Å². The molecule has 21 heavy (non-hydrogen) atoms. The predicted octanol–water partition coefficient (Wildman–Crippen LogP) is 0.207. The van der Waals surface area contributed by atoms with E-state index in [1.807, 2.05) is 6.92 Å². The molecule has 0 aromatic heterocycles. The largest absolute Gasteiger partial charge is 0.392 e. The fraction of sp³-hybridized carbons (Fsp3) is 0.538. The fourth-order valence-electron chi connectivity index (χ4n) is 2.41. The van der Waals surface area contributed by atoms with Crippen molar-refractivity contribution in [2.24, 2.45) is 0 Å². The highest BCUT2D eigenvalue weighted by atomic mass is 32.2. The number of rotatable bonds is 5. The van der Waals surface area contributed by atoms with Gasteiger partial charge in [0, 0.05) is 6.04 Å². The van der Waals surface area contributed by atoms with Crippen LogP contribution in [0.25, 0.3) is 0 Å². The predicted molar refractivity (Wildman–Crippen MR) is 79.1 cm³/mol. The summed E-state index contributed by atoms with van der Waals surface area (Å²) in [6.45, 7) is 1.59. The van der Waals surface area contributed by atoms with Gasteiger partial charge >= 0.3 is 0 Å². The summed E-state index contributed by atoms with van der Waals surface area (Å²) < 4.78 is 50.2. The third-order valence-electron chi connectivity index (χ3n) is 3.54. The van der Waals surface area contributed by atoms with Gasteiger partial charge in [-0.15, -0.1) is 0 Å². The topological polar surface area (TPSA) is 101 Å². The van der Waals surface area contributed by atoms with E-state index in [-0.39, 0.29) is 23.0 Å². The Labute approximate surface area is 125 Å². The van der Waals surface area contributed by atoms with Gasteiger partial charge < -0.3 is 5.11 Å². The van der Waals surface area contributed by atoms with Gasteiger partial charge in [-0.2, -0.15) is 0 Å². The second-order valence-corrected chi connectivity index (χ2v) is 9.09. The number of benzene rings is 1. The Morgan fingerprint density at radius 1 is 1.38 bits per heavy atom. The number of aliphatic hydroxyl groups excluding tert-OH is 1. The molecule has 0 spiro atoms. The van der Waals surface area contributed by atoms with Crippen LogP contribution in [0.1, 0.15) is 24.5 Å². The summed E-state index contributed by atoms with van der Waals surface area (Å²) in [5, 5.41) is 9.15. The molecule has 2 rings (SSSR count). The minimum absolute atomic E-state index is 0.0114. The van der Waals surface area contributed by atoms with Gasteiger partial charge in [0.1, 0.15) is 0 Å². The van der Waals surface area contributed by atoms with Gasteiger partial charge in [0.25, 0.3) is 0 Å². The normalized spacial score (nSPS) is 21.5. The van der Waals surface area contributed by atoms with Gasteiger partial charge in [0.2, 0.25) is 10.0 Å². The summed E-state index contributed by atoms with van der Waals surface area (Å²) in [6.07, 6.45) is 0.827. The average Bonchev–Trinajstić information content (AvgIpc) is 2.76. The highest BCUT2D eigenvalue weighted by Gasteiger charge is 2.32. The van der Waals surface area contributed by atoms with Crippen molar-refractivity contribution in [2.45, 2.75) is 37.3 Å². The van der Waals surface area contributed by atoms with E-state index >= 15 is 0 Å². The highest BCUT2D eigenvalue weighted by molar-refractivity contribution is 7.92. The standard InChI is InChI=1S/C13H19NO5S2/c1-2-11-4-3-10(8-15)7-13(11)21(18,19)14-12-5-6-20(16,17)9-12/h3-4,7,12,14-15H,2,5-6,8-9H2,1H3. The summed E-state index contributed by atoms with van der Waals surface area (Å²) in [5.41, 5.74) is 1.15. The number of sulfone groups is 1. The van der Waals surface area contributed by atoms with Gasteiger partial charge in [-0.3, -0.25) is 0 Å². The van der Waals surface area contributed by atoms with Crippen LogP contribution in [-0.4, -0.2) is 39.5 Å². The minimum atomic E-state index is -3.79. The summed E-state index contributed by atoms with van der Waals surface area (Å²) in [7, 11) is -6.94. The number of nitrogens with one attached hydrogen (secondary N) is 1. The van der Waals surface area contributed by atoms with E-state index in [0.29, 0.717) is 24.0 Å². The molecule has 1 aliphatic rings. The van der Waals surface area contributed by atoms with E-state index in [1.165, 1.54) is 6.07 Å². The molecule has 1 aromatic rings.